The molecule has 2 heterocycles. The van der Waals surface area contributed by atoms with Gasteiger partial charge in [0.05, 0.1) is 17.8 Å². The molecule has 0 aliphatic carbocycles. The van der Waals surface area contributed by atoms with Gasteiger partial charge in [-0.2, -0.15) is 5.10 Å². The number of aromatic amines is 1. The van der Waals surface area contributed by atoms with E-state index >= 15 is 0 Å². The second kappa shape index (κ2) is 9.43. The first-order chi connectivity index (χ1) is 14.8. The summed E-state index contributed by atoms with van der Waals surface area (Å²) >= 11 is 1.21. The number of halogens is 3. The molecular formula is C19H15F3N6O2S. The monoisotopic (exact) mass is 448 g/mol. The first kappa shape index (κ1) is 22.0. The quantitative estimate of drug-likeness (QED) is 0.277. The van der Waals surface area contributed by atoms with E-state index < -0.39 is 40.4 Å². The van der Waals surface area contributed by atoms with Crippen LogP contribution >= 0.6 is 11.3 Å². The molecule has 0 unspecified atom stereocenters. The third-order valence-corrected chi connectivity index (χ3v) is 5.02. The Morgan fingerprint density at radius 1 is 1.23 bits per heavy atom. The summed E-state index contributed by atoms with van der Waals surface area (Å²) in [6, 6.07) is 2.49. The lowest BCUT2D eigenvalue weighted by Gasteiger charge is -2.08. The van der Waals surface area contributed by atoms with E-state index in [4.69, 9.17) is 5.41 Å². The van der Waals surface area contributed by atoms with E-state index in [9.17, 15) is 22.8 Å². The molecule has 3 rings (SSSR count). The highest BCUT2D eigenvalue weighted by atomic mass is 32.1. The molecule has 0 atom stereocenters. The number of allylic oxidation sites excluding steroid dienone is 1. The van der Waals surface area contributed by atoms with Gasteiger partial charge in [0.2, 0.25) is 0 Å². The van der Waals surface area contributed by atoms with Crippen LogP contribution in [0.1, 0.15) is 28.7 Å². The highest BCUT2D eigenvalue weighted by Crippen LogP contribution is 2.21. The third kappa shape index (κ3) is 5.09. The van der Waals surface area contributed by atoms with Crippen LogP contribution in [0.2, 0.25) is 0 Å². The van der Waals surface area contributed by atoms with Crippen molar-refractivity contribution in [3.8, 4) is 10.7 Å². The summed E-state index contributed by atoms with van der Waals surface area (Å²) in [5.74, 6) is -5.77. The topological polar surface area (TPSA) is 124 Å². The third-order valence-electron chi connectivity index (χ3n) is 4.07. The number of Topliss-reactive ketones (excluding diaryl/α,β-unsaturated/α-hetero) is 1. The maximum atomic E-state index is 13.9. The van der Waals surface area contributed by atoms with Crippen LogP contribution in [-0.4, -0.2) is 37.8 Å². The van der Waals surface area contributed by atoms with Crippen LogP contribution < -0.4 is 5.32 Å². The van der Waals surface area contributed by atoms with E-state index in [0.29, 0.717) is 27.8 Å². The van der Waals surface area contributed by atoms with Crippen LogP contribution in [0.4, 0.5) is 13.2 Å². The first-order valence-corrected chi connectivity index (χ1v) is 9.70. The minimum Gasteiger partial charge on any atom is -0.344 e. The molecule has 1 aromatic carbocycles. The summed E-state index contributed by atoms with van der Waals surface area (Å²) in [6.45, 7) is 1.50. The van der Waals surface area contributed by atoms with Crippen LogP contribution in [-0.2, 0) is 11.3 Å². The summed E-state index contributed by atoms with van der Waals surface area (Å²) in [4.78, 5) is 24.6. The van der Waals surface area contributed by atoms with Gasteiger partial charge in [0.25, 0.3) is 5.91 Å². The lowest BCUT2D eigenvalue weighted by molar-refractivity contribution is -0.114. The molecule has 0 aliphatic heterocycles. The van der Waals surface area contributed by atoms with Gasteiger partial charge in [-0.05, 0) is 18.6 Å². The number of hydrogen-bond donors (Lipinski definition) is 3. The van der Waals surface area contributed by atoms with Crippen molar-refractivity contribution in [1.29, 1.82) is 5.41 Å². The van der Waals surface area contributed by atoms with Crippen molar-refractivity contribution in [3.63, 3.8) is 0 Å². The van der Waals surface area contributed by atoms with Crippen molar-refractivity contribution < 1.29 is 22.8 Å². The molecule has 0 spiro atoms. The zero-order chi connectivity index (χ0) is 22.5. The second-order valence-corrected chi connectivity index (χ2v) is 7.23. The van der Waals surface area contributed by atoms with Crippen LogP contribution in [0.3, 0.4) is 0 Å². The van der Waals surface area contributed by atoms with Crippen molar-refractivity contribution in [2.45, 2.75) is 19.9 Å². The average Bonchev–Trinajstić information content (AvgIpc) is 3.40. The Morgan fingerprint density at radius 3 is 2.55 bits per heavy atom. The summed E-state index contributed by atoms with van der Waals surface area (Å²) in [6.07, 6.45) is 2.48. The molecule has 0 aliphatic rings. The number of nitrogens with one attached hydrogen (secondary N) is 3. The summed E-state index contributed by atoms with van der Waals surface area (Å²) in [5.41, 5.74) is -1.05. The number of carbonyl (C=O) groups is 2. The molecule has 0 bridgehead atoms. The molecular weight excluding hydrogens is 433 g/mol. The van der Waals surface area contributed by atoms with Gasteiger partial charge in [0.15, 0.2) is 10.8 Å². The SMILES string of the molecule is CC/C(=C\C(=N)C(=O)NCc1nnc(-c2ccn[nH]2)s1)C(=O)c1c(F)cc(F)cc1F. The first-order valence-electron chi connectivity index (χ1n) is 8.88. The van der Waals surface area contributed by atoms with Crippen molar-refractivity contribution in [2.75, 3.05) is 0 Å². The minimum absolute atomic E-state index is 0.00527. The van der Waals surface area contributed by atoms with E-state index in [2.05, 4.69) is 25.7 Å². The summed E-state index contributed by atoms with van der Waals surface area (Å²) < 4.78 is 40.8. The Labute approximate surface area is 177 Å². The molecule has 160 valence electrons. The number of aromatic nitrogens is 4. The Bertz CT molecular complexity index is 1150. The van der Waals surface area contributed by atoms with Gasteiger partial charge in [0, 0.05) is 23.9 Å². The number of hydrogen-bond acceptors (Lipinski definition) is 7. The van der Waals surface area contributed by atoms with Crippen molar-refractivity contribution in [3.05, 3.63) is 64.1 Å². The maximum Gasteiger partial charge on any atom is 0.269 e. The predicted molar refractivity (Wildman–Crippen MR) is 106 cm³/mol. The maximum absolute atomic E-state index is 13.9. The second-order valence-electron chi connectivity index (χ2n) is 6.16. The van der Waals surface area contributed by atoms with Crippen LogP contribution in [0.5, 0.6) is 0 Å². The van der Waals surface area contributed by atoms with Gasteiger partial charge in [-0.15, -0.1) is 10.2 Å². The highest BCUT2D eigenvalue weighted by molar-refractivity contribution is 7.14. The molecule has 3 aromatic rings. The predicted octanol–water partition coefficient (Wildman–Crippen LogP) is 3.20. The largest absolute Gasteiger partial charge is 0.344 e. The Kier molecular flexibility index (Phi) is 6.70. The van der Waals surface area contributed by atoms with Crippen LogP contribution in [0.15, 0.2) is 36.0 Å². The number of H-pyrrole nitrogens is 1. The van der Waals surface area contributed by atoms with E-state index in [-0.39, 0.29) is 18.5 Å². The van der Waals surface area contributed by atoms with Crippen molar-refractivity contribution >= 4 is 28.7 Å². The Hall–Kier alpha value is -3.67. The zero-order valence-corrected chi connectivity index (χ0v) is 16.8. The molecule has 2 aromatic heterocycles. The summed E-state index contributed by atoms with van der Waals surface area (Å²) in [5, 5.41) is 25.8. The molecule has 3 N–H and O–H groups in total. The number of amides is 1. The van der Waals surface area contributed by atoms with E-state index in [1.807, 2.05) is 0 Å². The molecule has 1 amide bonds. The molecule has 0 radical (unpaired) electrons. The Morgan fingerprint density at radius 2 is 1.94 bits per heavy atom. The standard InChI is InChI=1S/C19H15F3N6O2S/c1-2-9(17(29)16-11(21)6-10(20)7-12(16)22)5-13(23)18(30)24-8-15-27-28-19(31-15)14-3-4-25-26-14/h3-7,23H,2,8H2,1H3,(H,24,30)(H,25,26)/b9-5+,23-13?. The smallest absolute Gasteiger partial charge is 0.269 e. The van der Waals surface area contributed by atoms with E-state index in [1.165, 1.54) is 18.3 Å². The number of ketones is 1. The highest BCUT2D eigenvalue weighted by Gasteiger charge is 2.22. The molecule has 12 heteroatoms. The fraction of sp³-hybridized carbons (Fsp3) is 0.158. The van der Waals surface area contributed by atoms with Gasteiger partial charge in [-0.25, -0.2) is 13.2 Å². The molecule has 0 fully saturated rings. The molecule has 8 nitrogen and oxygen atoms in total. The van der Waals surface area contributed by atoms with Crippen LogP contribution in [0, 0.1) is 22.9 Å². The molecule has 31 heavy (non-hydrogen) atoms. The van der Waals surface area contributed by atoms with E-state index in [1.54, 1.807) is 12.3 Å². The lowest BCUT2D eigenvalue weighted by Crippen LogP contribution is -2.29. The lowest BCUT2D eigenvalue weighted by atomic mass is 9.98. The fourth-order valence-electron chi connectivity index (χ4n) is 2.55. The van der Waals surface area contributed by atoms with E-state index in [0.717, 1.165) is 6.08 Å². The molecule has 0 saturated heterocycles. The van der Waals surface area contributed by atoms with Crippen molar-refractivity contribution in [2.24, 2.45) is 0 Å². The molecule has 0 saturated carbocycles. The number of carbonyl (C=O) groups excluding carboxylic acids is 2. The normalized spacial score (nSPS) is 11.4. The zero-order valence-electron chi connectivity index (χ0n) is 16.0. The average molecular weight is 448 g/mol. The number of benzene rings is 1. The fourth-order valence-corrected chi connectivity index (χ4v) is 3.30. The number of rotatable bonds is 8. The van der Waals surface area contributed by atoms with Gasteiger partial charge >= 0.3 is 0 Å². The van der Waals surface area contributed by atoms with Gasteiger partial charge in [0.1, 0.15) is 28.2 Å². The summed E-state index contributed by atoms with van der Waals surface area (Å²) in [7, 11) is 0. The van der Waals surface area contributed by atoms with Gasteiger partial charge in [-0.3, -0.25) is 20.1 Å². The Balaban J connectivity index is 1.68. The van der Waals surface area contributed by atoms with Crippen molar-refractivity contribution in [1.82, 2.24) is 25.7 Å². The van der Waals surface area contributed by atoms with Crippen LogP contribution in [0.25, 0.3) is 10.7 Å². The van der Waals surface area contributed by atoms with Gasteiger partial charge in [-0.1, -0.05) is 18.3 Å². The number of nitrogens with zero attached hydrogens (tertiary/aromatic N) is 3. The van der Waals surface area contributed by atoms with Gasteiger partial charge < -0.3 is 5.32 Å². The minimum atomic E-state index is -1.36.